The molecule has 1 aromatic carbocycles. The maximum absolute atomic E-state index is 11.1. The van der Waals surface area contributed by atoms with Gasteiger partial charge in [-0.2, -0.15) is 5.26 Å². The van der Waals surface area contributed by atoms with E-state index in [0.717, 1.165) is 0 Å². The van der Waals surface area contributed by atoms with Crippen LogP contribution in [0, 0.1) is 11.3 Å². The number of nitrogens with one attached hydrogen (secondary N) is 1. The molecule has 0 bridgehead atoms. The monoisotopic (exact) mass is 288 g/mol. The summed E-state index contributed by atoms with van der Waals surface area (Å²) in [7, 11) is 0. The summed E-state index contributed by atoms with van der Waals surface area (Å²) in [4.78, 5) is 15.1. The first-order chi connectivity index (χ1) is 9.51. The Morgan fingerprint density at radius 1 is 1.45 bits per heavy atom. The van der Waals surface area contributed by atoms with Crippen LogP contribution in [0.3, 0.4) is 0 Å². The lowest BCUT2D eigenvalue weighted by Crippen LogP contribution is -2.06. The molecule has 0 saturated heterocycles. The van der Waals surface area contributed by atoms with Gasteiger partial charge in [-0.1, -0.05) is 11.6 Å². The Kier molecular flexibility index (Phi) is 3.73. The molecule has 0 amide bonds. The number of pyridine rings is 1. The van der Waals surface area contributed by atoms with E-state index in [9.17, 15) is 4.79 Å². The highest BCUT2D eigenvalue weighted by atomic mass is 35.5. The minimum atomic E-state index is -1.16. The molecule has 20 heavy (non-hydrogen) atoms. The second-order valence-electron chi connectivity index (χ2n) is 3.90. The van der Waals surface area contributed by atoms with Crippen molar-refractivity contribution in [3.63, 3.8) is 0 Å². The van der Waals surface area contributed by atoms with E-state index in [0.29, 0.717) is 16.3 Å². The Morgan fingerprint density at radius 3 is 2.80 bits per heavy atom. The molecule has 2 aromatic rings. The van der Waals surface area contributed by atoms with Crippen LogP contribution in [-0.2, 0) is 0 Å². The van der Waals surface area contributed by atoms with Crippen molar-refractivity contribution in [3.05, 3.63) is 46.6 Å². The Balaban J connectivity index is 2.40. The van der Waals surface area contributed by atoms with E-state index in [1.165, 1.54) is 18.3 Å². The van der Waals surface area contributed by atoms with Gasteiger partial charge in [0.15, 0.2) is 0 Å². The molecule has 0 atom stereocenters. The van der Waals surface area contributed by atoms with E-state index < -0.39 is 5.97 Å². The third-order valence-corrected chi connectivity index (χ3v) is 2.80. The minimum Gasteiger partial charge on any atom is -0.478 e. The predicted molar refractivity (Wildman–Crippen MR) is 75.1 cm³/mol. The van der Waals surface area contributed by atoms with Crippen LogP contribution < -0.4 is 11.1 Å². The van der Waals surface area contributed by atoms with Crippen LogP contribution in [0.25, 0.3) is 0 Å². The molecule has 2 rings (SSSR count). The van der Waals surface area contributed by atoms with E-state index in [4.69, 9.17) is 27.7 Å². The first-order valence-corrected chi connectivity index (χ1v) is 5.84. The van der Waals surface area contributed by atoms with E-state index in [1.807, 2.05) is 6.07 Å². The van der Waals surface area contributed by atoms with Crippen LogP contribution in [-0.4, -0.2) is 16.1 Å². The van der Waals surface area contributed by atoms with Crippen LogP contribution in [0.5, 0.6) is 0 Å². The Hall–Kier alpha value is -2.78. The van der Waals surface area contributed by atoms with Crippen LogP contribution in [0.15, 0.2) is 30.5 Å². The number of aromatic carboxylic acids is 1. The fourth-order valence-corrected chi connectivity index (χ4v) is 1.78. The average Bonchev–Trinajstić information content (AvgIpc) is 2.42. The van der Waals surface area contributed by atoms with Gasteiger partial charge in [-0.3, -0.25) is 0 Å². The lowest BCUT2D eigenvalue weighted by molar-refractivity contribution is 0.0697. The number of nitrogens with two attached hydrogens (primary N) is 1. The molecular formula is C13H9ClN4O2. The third-order valence-electron chi connectivity index (χ3n) is 2.49. The second-order valence-corrected chi connectivity index (χ2v) is 4.31. The smallest absolute Gasteiger partial charge is 0.339 e. The first-order valence-electron chi connectivity index (χ1n) is 5.46. The predicted octanol–water partition coefficient (Wildman–Crippen LogP) is 2.63. The molecule has 0 aliphatic carbocycles. The number of nitriles is 1. The number of carboxylic acid groups (broad SMARTS) is 1. The Labute approximate surface area is 119 Å². The third kappa shape index (κ3) is 2.79. The standard InChI is InChI=1S/C13H9ClN4O2/c14-10-3-7(5-15)1-2-11(10)18-12-9(13(19)20)4-8(16)6-17-12/h1-4,6H,16H2,(H,17,18)(H,19,20). The van der Waals surface area contributed by atoms with Crippen molar-refractivity contribution < 1.29 is 9.90 Å². The number of anilines is 3. The van der Waals surface area contributed by atoms with Gasteiger partial charge in [0.1, 0.15) is 11.4 Å². The largest absolute Gasteiger partial charge is 0.478 e. The van der Waals surface area contributed by atoms with Crippen molar-refractivity contribution in [2.45, 2.75) is 0 Å². The second kappa shape index (κ2) is 5.47. The fraction of sp³-hybridized carbons (Fsp3) is 0. The fourth-order valence-electron chi connectivity index (χ4n) is 1.56. The molecule has 7 heteroatoms. The van der Waals surface area contributed by atoms with Gasteiger partial charge in [0.25, 0.3) is 0 Å². The van der Waals surface area contributed by atoms with Crippen molar-refractivity contribution in [2.24, 2.45) is 0 Å². The van der Waals surface area contributed by atoms with Crippen molar-refractivity contribution >= 4 is 34.8 Å². The molecule has 0 spiro atoms. The molecule has 0 aliphatic heterocycles. The highest BCUT2D eigenvalue weighted by Crippen LogP contribution is 2.27. The minimum absolute atomic E-state index is 0.0644. The van der Waals surface area contributed by atoms with E-state index in [1.54, 1.807) is 12.1 Å². The topological polar surface area (TPSA) is 112 Å². The lowest BCUT2D eigenvalue weighted by Gasteiger charge is -2.10. The number of halogens is 1. The number of carboxylic acids is 1. The Bertz CT molecular complexity index is 725. The van der Waals surface area contributed by atoms with Crippen molar-refractivity contribution in [2.75, 3.05) is 11.1 Å². The van der Waals surface area contributed by atoms with Crippen molar-refractivity contribution in [1.29, 1.82) is 5.26 Å². The molecule has 0 unspecified atom stereocenters. The highest BCUT2D eigenvalue weighted by molar-refractivity contribution is 6.33. The van der Waals surface area contributed by atoms with Crippen LogP contribution in [0.4, 0.5) is 17.2 Å². The number of nitrogen functional groups attached to an aromatic ring is 1. The zero-order valence-electron chi connectivity index (χ0n) is 10.1. The molecule has 1 aromatic heterocycles. The summed E-state index contributed by atoms with van der Waals surface area (Å²) < 4.78 is 0. The van der Waals surface area contributed by atoms with E-state index >= 15 is 0 Å². The van der Waals surface area contributed by atoms with E-state index in [2.05, 4.69) is 10.3 Å². The number of hydrogen-bond acceptors (Lipinski definition) is 5. The van der Waals surface area contributed by atoms with Gasteiger partial charge in [0.2, 0.25) is 0 Å². The van der Waals surface area contributed by atoms with Gasteiger partial charge >= 0.3 is 5.97 Å². The number of benzene rings is 1. The zero-order chi connectivity index (χ0) is 14.7. The summed E-state index contributed by atoms with van der Waals surface area (Å²) in [6.45, 7) is 0. The van der Waals surface area contributed by atoms with Crippen molar-refractivity contribution in [1.82, 2.24) is 4.98 Å². The van der Waals surface area contributed by atoms with Gasteiger partial charge in [-0.15, -0.1) is 0 Å². The van der Waals surface area contributed by atoms with E-state index in [-0.39, 0.29) is 17.1 Å². The summed E-state index contributed by atoms with van der Waals surface area (Å²) in [5.41, 5.74) is 6.55. The average molecular weight is 289 g/mol. The summed E-state index contributed by atoms with van der Waals surface area (Å²) in [6.07, 6.45) is 1.34. The molecule has 0 saturated carbocycles. The SMILES string of the molecule is N#Cc1ccc(Nc2ncc(N)cc2C(=O)O)c(Cl)c1. The number of nitrogens with zero attached hydrogens (tertiary/aromatic N) is 2. The van der Waals surface area contributed by atoms with Gasteiger partial charge in [0.05, 0.1) is 34.2 Å². The van der Waals surface area contributed by atoms with Gasteiger partial charge < -0.3 is 16.2 Å². The Morgan fingerprint density at radius 2 is 2.20 bits per heavy atom. The quantitative estimate of drug-likeness (QED) is 0.800. The summed E-state index contributed by atoms with van der Waals surface area (Å²) in [5.74, 6) is -1.03. The van der Waals surface area contributed by atoms with Crippen LogP contribution in [0.2, 0.25) is 5.02 Å². The van der Waals surface area contributed by atoms with Gasteiger partial charge in [0, 0.05) is 0 Å². The molecule has 100 valence electrons. The molecule has 0 radical (unpaired) electrons. The summed E-state index contributed by atoms with van der Waals surface area (Å²) in [6, 6.07) is 7.87. The zero-order valence-corrected chi connectivity index (χ0v) is 10.8. The number of aromatic nitrogens is 1. The maximum atomic E-state index is 11.1. The first kappa shape index (κ1) is 13.6. The van der Waals surface area contributed by atoms with Crippen LogP contribution >= 0.6 is 11.6 Å². The number of hydrogen-bond donors (Lipinski definition) is 3. The lowest BCUT2D eigenvalue weighted by atomic mass is 10.2. The maximum Gasteiger partial charge on any atom is 0.339 e. The molecule has 6 nitrogen and oxygen atoms in total. The highest BCUT2D eigenvalue weighted by Gasteiger charge is 2.13. The normalized spacial score (nSPS) is 9.80. The van der Waals surface area contributed by atoms with Gasteiger partial charge in [-0.05, 0) is 24.3 Å². The van der Waals surface area contributed by atoms with Crippen LogP contribution in [0.1, 0.15) is 15.9 Å². The van der Waals surface area contributed by atoms with Gasteiger partial charge in [-0.25, -0.2) is 9.78 Å². The molecule has 4 N–H and O–H groups in total. The number of carbonyl (C=O) groups is 1. The number of rotatable bonds is 3. The molecular weight excluding hydrogens is 280 g/mol. The molecule has 1 heterocycles. The summed E-state index contributed by atoms with van der Waals surface area (Å²) >= 11 is 6.01. The van der Waals surface area contributed by atoms with Crippen molar-refractivity contribution in [3.8, 4) is 6.07 Å². The summed E-state index contributed by atoms with van der Waals surface area (Å²) in [5, 5.41) is 21.0. The molecule has 0 fully saturated rings. The molecule has 0 aliphatic rings.